The largest absolute Gasteiger partial charge is 0.382 e. The number of carbonyl (C=O) groups excluding carboxylic acids is 4. The number of nitrogens with two attached hydrogens (primary N) is 1. The molecule has 0 unspecified atom stereocenters. The van der Waals surface area contributed by atoms with Crippen LogP contribution in [0.5, 0.6) is 0 Å². The Morgan fingerprint density at radius 3 is 2.21 bits per heavy atom. The van der Waals surface area contributed by atoms with E-state index >= 15 is 0 Å². The molecule has 0 aliphatic carbocycles. The molecule has 0 radical (unpaired) electrons. The minimum absolute atomic E-state index is 0.158. The second kappa shape index (κ2) is 19.1. The average molecular weight is 474 g/mol. The van der Waals surface area contributed by atoms with Crippen LogP contribution in [0.3, 0.4) is 0 Å². The van der Waals surface area contributed by atoms with Crippen molar-refractivity contribution in [2.45, 2.75) is 71.4 Å². The highest BCUT2D eigenvalue weighted by molar-refractivity contribution is 5.92. The van der Waals surface area contributed by atoms with Gasteiger partial charge in [0.15, 0.2) is 0 Å². The van der Waals surface area contributed by atoms with Crippen LogP contribution in [-0.4, -0.2) is 75.9 Å². The van der Waals surface area contributed by atoms with Crippen LogP contribution in [0.4, 0.5) is 4.79 Å². The molecule has 0 aromatic carbocycles. The van der Waals surface area contributed by atoms with Gasteiger partial charge in [-0.05, 0) is 25.2 Å². The van der Waals surface area contributed by atoms with Crippen LogP contribution in [-0.2, 0) is 23.9 Å². The van der Waals surface area contributed by atoms with E-state index in [1.54, 1.807) is 7.11 Å². The first kappa shape index (κ1) is 30.6. The Morgan fingerprint density at radius 1 is 0.879 bits per heavy atom. The second-order valence-electron chi connectivity index (χ2n) is 8.14. The van der Waals surface area contributed by atoms with Crippen LogP contribution in [0.1, 0.15) is 59.3 Å². The van der Waals surface area contributed by atoms with E-state index in [1.807, 2.05) is 13.8 Å². The maximum Gasteiger partial charge on any atom is 0.312 e. The van der Waals surface area contributed by atoms with Crippen LogP contribution < -0.4 is 27.0 Å². The summed E-state index contributed by atoms with van der Waals surface area (Å²) >= 11 is 0. The van der Waals surface area contributed by atoms with E-state index in [0.717, 1.165) is 19.3 Å². The van der Waals surface area contributed by atoms with Gasteiger partial charge in [-0.3, -0.25) is 14.4 Å². The summed E-state index contributed by atoms with van der Waals surface area (Å²) in [6.45, 7) is 7.45. The van der Waals surface area contributed by atoms with Gasteiger partial charge in [0.05, 0.1) is 19.8 Å². The quantitative estimate of drug-likeness (QED) is 0.171. The van der Waals surface area contributed by atoms with Gasteiger partial charge in [0.1, 0.15) is 12.1 Å². The Labute approximate surface area is 197 Å². The molecule has 0 aliphatic heterocycles. The molecule has 5 amide bonds. The summed E-state index contributed by atoms with van der Waals surface area (Å²) in [4.78, 5) is 48.7. The molecule has 0 aromatic heterocycles. The zero-order chi connectivity index (χ0) is 25.1. The first-order valence-corrected chi connectivity index (χ1v) is 11.7. The van der Waals surface area contributed by atoms with Crippen molar-refractivity contribution in [3.63, 3.8) is 0 Å². The van der Waals surface area contributed by atoms with Gasteiger partial charge in [0, 0.05) is 26.6 Å². The minimum atomic E-state index is -0.829. The van der Waals surface area contributed by atoms with Crippen LogP contribution in [0.15, 0.2) is 0 Å². The van der Waals surface area contributed by atoms with Crippen molar-refractivity contribution in [2.75, 3.05) is 40.0 Å². The maximum absolute atomic E-state index is 12.9. The van der Waals surface area contributed by atoms with Gasteiger partial charge in [-0.2, -0.15) is 0 Å². The second-order valence-corrected chi connectivity index (χ2v) is 8.14. The molecule has 0 aromatic rings. The molecule has 0 fully saturated rings. The summed E-state index contributed by atoms with van der Waals surface area (Å²) in [5, 5.41) is 10.7. The molecule has 0 aliphatic rings. The van der Waals surface area contributed by atoms with E-state index in [0.29, 0.717) is 32.7 Å². The smallest absolute Gasteiger partial charge is 0.312 e. The van der Waals surface area contributed by atoms with Crippen molar-refractivity contribution in [1.82, 2.24) is 21.3 Å². The molecule has 33 heavy (non-hydrogen) atoms. The van der Waals surface area contributed by atoms with Gasteiger partial charge in [0.25, 0.3) is 0 Å². The Bertz CT molecular complexity index is 588. The Balaban J connectivity index is 4.92. The van der Waals surface area contributed by atoms with Crippen molar-refractivity contribution >= 4 is 23.8 Å². The first-order chi connectivity index (χ1) is 15.7. The highest BCUT2D eigenvalue weighted by atomic mass is 16.5. The molecular formula is C22H43N5O6. The topological polar surface area (TPSA) is 161 Å². The molecule has 0 rings (SSSR count). The Hall–Kier alpha value is -2.40. The van der Waals surface area contributed by atoms with E-state index in [1.165, 1.54) is 0 Å². The molecule has 6 N–H and O–H groups in total. The lowest BCUT2D eigenvalue weighted by Gasteiger charge is -2.25. The molecule has 11 nitrogen and oxygen atoms in total. The lowest BCUT2D eigenvalue weighted by Crippen LogP contribution is -2.55. The molecule has 0 saturated heterocycles. The molecule has 0 saturated carbocycles. The van der Waals surface area contributed by atoms with Crippen LogP contribution in [0, 0.1) is 5.92 Å². The van der Waals surface area contributed by atoms with Gasteiger partial charge in [-0.1, -0.05) is 33.6 Å². The summed E-state index contributed by atoms with van der Waals surface area (Å²) in [6, 6.07) is -2.24. The fourth-order valence-electron chi connectivity index (χ4n) is 2.98. The number of unbranched alkanes of at least 4 members (excludes halogenated alkanes) is 2. The number of amides is 5. The third-order valence-corrected chi connectivity index (χ3v) is 4.85. The van der Waals surface area contributed by atoms with E-state index in [4.69, 9.17) is 15.2 Å². The molecule has 11 heteroatoms. The number of ether oxygens (including phenoxy) is 2. The van der Waals surface area contributed by atoms with Crippen molar-refractivity contribution in [2.24, 2.45) is 11.7 Å². The van der Waals surface area contributed by atoms with E-state index in [-0.39, 0.29) is 37.2 Å². The van der Waals surface area contributed by atoms with Gasteiger partial charge >= 0.3 is 6.03 Å². The van der Waals surface area contributed by atoms with Crippen molar-refractivity contribution in [3.8, 4) is 0 Å². The van der Waals surface area contributed by atoms with Crippen molar-refractivity contribution in [3.05, 3.63) is 0 Å². The third kappa shape index (κ3) is 15.9. The fourth-order valence-corrected chi connectivity index (χ4v) is 2.98. The Kier molecular flexibility index (Phi) is 17.7. The molecular weight excluding hydrogens is 430 g/mol. The minimum Gasteiger partial charge on any atom is -0.382 e. The lowest BCUT2D eigenvalue weighted by molar-refractivity contribution is -0.133. The van der Waals surface area contributed by atoms with Crippen molar-refractivity contribution < 1.29 is 28.7 Å². The standard InChI is InChI=1S/C22H43N5O6/c1-5-6-7-10-18(28)27-19(16(2)3)21(30)26-17(9-8-11-25-22(23)31)20(29)24-12-13-33-15-14-32-4/h16-17,19H,5-15H2,1-4H3,(H,24,29)(H,26,30)(H,27,28)(H3,23,25,31)/t17-,19-/m0/s1. The summed E-state index contributed by atoms with van der Waals surface area (Å²) in [5.41, 5.74) is 5.07. The molecule has 2 atom stereocenters. The Morgan fingerprint density at radius 2 is 1.61 bits per heavy atom. The number of carbonyl (C=O) groups is 4. The summed E-state index contributed by atoms with van der Waals surface area (Å²) < 4.78 is 10.2. The third-order valence-electron chi connectivity index (χ3n) is 4.85. The van der Waals surface area contributed by atoms with E-state index in [9.17, 15) is 19.2 Å². The molecule has 0 bridgehead atoms. The lowest BCUT2D eigenvalue weighted by atomic mass is 10.0. The number of rotatable bonds is 19. The van der Waals surface area contributed by atoms with Gasteiger partial charge in [-0.15, -0.1) is 0 Å². The SMILES string of the molecule is CCCCCC(=O)N[C@H](C(=O)N[C@@H](CCCNC(N)=O)C(=O)NCCOCCOC)C(C)C. The van der Waals surface area contributed by atoms with Crippen LogP contribution in [0.2, 0.25) is 0 Å². The van der Waals surface area contributed by atoms with Crippen LogP contribution >= 0.6 is 0 Å². The highest BCUT2D eigenvalue weighted by Gasteiger charge is 2.28. The number of primary amides is 1. The van der Waals surface area contributed by atoms with E-state index < -0.39 is 24.0 Å². The molecule has 0 heterocycles. The normalized spacial score (nSPS) is 12.6. The van der Waals surface area contributed by atoms with Gasteiger partial charge in [0.2, 0.25) is 17.7 Å². The number of hydrogen-bond donors (Lipinski definition) is 5. The fraction of sp³-hybridized carbons (Fsp3) is 0.818. The number of hydrogen-bond acceptors (Lipinski definition) is 6. The predicted molar refractivity (Wildman–Crippen MR) is 125 cm³/mol. The van der Waals surface area contributed by atoms with Gasteiger partial charge in [-0.25, -0.2) is 4.79 Å². The molecule has 192 valence electrons. The van der Waals surface area contributed by atoms with E-state index in [2.05, 4.69) is 28.2 Å². The predicted octanol–water partition coefficient (Wildman–Crippen LogP) is 0.420. The average Bonchev–Trinajstić information content (AvgIpc) is 2.76. The summed E-state index contributed by atoms with van der Waals surface area (Å²) in [5.74, 6) is -1.13. The molecule has 0 spiro atoms. The summed E-state index contributed by atoms with van der Waals surface area (Å²) in [7, 11) is 1.57. The highest BCUT2D eigenvalue weighted by Crippen LogP contribution is 2.07. The zero-order valence-corrected chi connectivity index (χ0v) is 20.5. The zero-order valence-electron chi connectivity index (χ0n) is 20.5. The van der Waals surface area contributed by atoms with Gasteiger partial charge < -0.3 is 36.5 Å². The monoisotopic (exact) mass is 473 g/mol. The number of methoxy groups -OCH3 is 1. The van der Waals surface area contributed by atoms with Crippen molar-refractivity contribution in [1.29, 1.82) is 0 Å². The summed E-state index contributed by atoms with van der Waals surface area (Å²) in [6.07, 6.45) is 3.79. The maximum atomic E-state index is 12.9. The number of urea groups is 1. The van der Waals surface area contributed by atoms with Crippen LogP contribution in [0.25, 0.3) is 0 Å². The number of nitrogens with one attached hydrogen (secondary N) is 4. The first-order valence-electron chi connectivity index (χ1n) is 11.7.